The summed E-state index contributed by atoms with van der Waals surface area (Å²) in [6.45, 7) is 10.8. The average molecular weight is 545 g/mol. The van der Waals surface area contributed by atoms with E-state index in [2.05, 4.69) is 38.3 Å². The van der Waals surface area contributed by atoms with Crippen LogP contribution in [0.25, 0.3) is 0 Å². The number of rotatable bonds is 5. The number of carbonyl (C=O) groups is 2. The molecule has 2 amide bonds. The Hall–Kier alpha value is -1.18. The van der Waals surface area contributed by atoms with Gasteiger partial charge in [0, 0.05) is 24.9 Å². The molecule has 0 aromatic heterocycles. The minimum Gasteiger partial charge on any atom is -0.395 e. The fourth-order valence-electron chi connectivity index (χ4n) is 11.1. The molecule has 2 saturated heterocycles. The second-order valence-electron chi connectivity index (χ2n) is 15.0. The van der Waals surface area contributed by atoms with Crippen LogP contribution in [0.4, 0.5) is 0 Å². The predicted molar refractivity (Wildman–Crippen MR) is 148 cm³/mol. The largest absolute Gasteiger partial charge is 0.395 e. The number of hydrogen-bond donors (Lipinski definition) is 3. The van der Waals surface area contributed by atoms with Gasteiger partial charge < -0.3 is 25.2 Å². The second-order valence-corrected chi connectivity index (χ2v) is 15.0. The molecule has 12 atom stereocenters. The predicted octanol–water partition coefficient (Wildman–Crippen LogP) is 4.42. The molecule has 4 saturated carbocycles. The molecule has 0 radical (unpaired) electrons. The van der Waals surface area contributed by atoms with Crippen molar-refractivity contribution >= 4 is 11.8 Å². The van der Waals surface area contributed by atoms with Crippen molar-refractivity contribution in [3.05, 3.63) is 0 Å². The molecule has 0 unspecified atom stereocenters. The Labute approximate surface area is 234 Å². The van der Waals surface area contributed by atoms with Crippen molar-refractivity contribution in [3.63, 3.8) is 0 Å². The molecule has 6 aliphatic rings. The van der Waals surface area contributed by atoms with E-state index < -0.39 is 0 Å². The zero-order valence-corrected chi connectivity index (χ0v) is 24.7. The maximum Gasteiger partial charge on any atom is 0.229 e. The van der Waals surface area contributed by atoms with Crippen molar-refractivity contribution in [2.24, 2.45) is 52.3 Å². The van der Waals surface area contributed by atoms with E-state index in [0.717, 1.165) is 43.6 Å². The van der Waals surface area contributed by atoms with Crippen molar-refractivity contribution in [1.29, 1.82) is 0 Å². The first-order valence-corrected chi connectivity index (χ1v) is 16.1. The van der Waals surface area contributed by atoms with Crippen molar-refractivity contribution in [2.75, 3.05) is 19.8 Å². The lowest BCUT2D eigenvalue weighted by atomic mass is 9.44. The molecule has 6 fully saturated rings. The molecular formula is C32H52N2O5. The zero-order valence-electron chi connectivity index (χ0n) is 24.7. The van der Waals surface area contributed by atoms with Crippen LogP contribution >= 0.6 is 0 Å². The lowest BCUT2D eigenvalue weighted by Crippen LogP contribution is -2.56. The smallest absolute Gasteiger partial charge is 0.229 e. The van der Waals surface area contributed by atoms with Gasteiger partial charge in [-0.1, -0.05) is 27.7 Å². The van der Waals surface area contributed by atoms with Crippen LogP contribution in [-0.2, 0) is 19.1 Å². The van der Waals surface area contributed by atoms with Crippen molar-refractivity contribution < 1.29 is 24.2 Å². The lowest BCUT2D eigenvalue weighted by molar-refractivity contribution is -0.273. The molecular weight excluding hydrogens is 492 g/mol. The number of aliphatic hydroxyl groups is 1. The average Bonchev–Trinajstić information content (AvgIpc) is 3.34. The SMILES string of the molecule is C[C@@H]1CC[C@@]2(OC1)O[C@H]1C[C@H]3[C@@H]4CC[C@@H]5C[C@@H](NC(=O)CC(=O)NCCO)CC[C@]5(C)[C@H]4CC[C@]3(C)[C@H]1[C@@H]2C. The van der Waals surface area contributed by atoms with Gasteiger partial charge in [0.25, 0.3) is 0 Å². The number of nitrogens with one attached hydrogen (secondary N) is 2. The van der Waals surface area contributed by atoms with Gasteiger partial charge in [-0.25, -0.2) is 0 Å². The maximum atomic E-state index is 12.5. The van der Waals surface area contributed by atoms with E-state index in [1.165, 1.54) is 44.9 Å². The van der Waals surface area contributed by atoms with Gasteiger partial charge in [-0.05, 0) is 104 Å². The zero-order chi connectivity index (χ0) is 27.6. The molecule has 0 bridgehead atoms. The summed E-state index contributed by atoms with van der Waals surface area (Å²) >= 11 is 0. The first kappa shape index (κ1) is 28.0. The first-order chi connectivity index (χ1) is 18.6. The number of ether oxygens (including phenoxy) is 2. The molecule has 2 aliphatic heterocycles. The standard InChI is InChI=1S/C32H52N2O5/c1-19-7-12-32(38-18-19)20(2)29-26(39-32)16-25-23-6-5-21-15-22(34-28(37)17-27(36)33-13-14-35)8-10-30(21,3)24(23)9-11-31(25,29)4/h19-26,29,35H,5-18H2,1-4H3,(H,33,36)(H,34,37)/t19-,20+,21-,22+,23-,24+,25+,26+,29+,30+,31+,32-/m1/s1. The van der Waals surface area contributed by atoms with E-state index in [9.17, 15) is 9.59 Å². The van der Waals surface area contributed by atoms with Crippen LogP contribution in [0.1, 0.15) is 98.3 Å². The van der Waals surface area contributed by atoms with Crippen LogP contribution < -0.4 is 10.6 Å². The van der Waals surface area contributed by atoms with Crippen molar-refractivity contribution in [2.45, 2.75) is 116 Å². The Morgan fingerprint density at radius 2 is 1.72 bits per heavy atom. The van der Waals surface area contributed by atoms with E-state index in [1.54, 1.807) is 0 Å². The minimum absolute atomic E-state index is 0.111. The fraction of sp³-hybridized carbons (Fsp3) is 0.938. The highest BCUT2D eigenvalue weighted by atomic mass is 16.7. The summed E-state index contributed by atoms with van der Waals surface area (Å²) in [6, 6.07) is 0.168. The second kappa shape index (κ2) is 10.3. The quantitative estimate of drug-likeness (QED) is 0.446. The maximum absolute atomic E-state index is 12.5. The summed E-state index contributed by atoms with van der Waals surface area (Å²) in [5, 5.41) is 14.6. The third kappa shape index (κ3) is 4.57. The highest BCUT2D eigenvalue weighted by Gasteiger charge is 2.69. The van der Waals surface area contributed by atoms with Gasteiger partial charge in [-0.15, -0.1) is 0 Å². The van der Waals surface area contributed by atoms with Crippen LogP contribution in [-0.4, -0.2) is 54.6 Å². The van der Waals surface area contributed by atoms with Crippen LogP contribution in [0.5, 0.6) is 0 Å². The van der Waals surface area contributed by atoms with E-state index >= 15 is 0 Å². The Kier molecular flexibility index (Phi) is 7.36. The van der Waals surface area contributed by atoms with E-state index in [-0.39, 0.29) is 43.2 Å². The monoisotopic (exact) mass is 544 g/mol. The lowest BCUT2D eigenvalue weighted by Gasteiger charge is -2.61. The summed E-state index contributed by atoms with van der Waals surface area (Å²) in [5.74, 6) is 3.83. The van der Waals surface area contributed by atoms with Gasteiger partial charge in [0.05, 0.1) is 19.3 Å². The summed E-state index contributed by atoms with van der Waals surface area (Å²) in [7, 11) is 0. The van der Waals surface area contributed by atoms with E-state index in [1.807, 2.05) is 0 Å². The highest BCUT2D eigenvalue weighted by Crippen LogP contribution is 2.71. The molecule has 220 valence electrons. The van der Waals surface area contributed by atoms with Crippen molar-refractivity contribution in [3.8, 4) is 0 Å². The molecule has 0 aromatic rings. The van der Waals surface area contributed by atoms with Gasteiger partial charge in [-0.2, -0.15) is 0 Å². The van der Waals surface area contributed by atoms with Gasteiger partial charge in [0.1, 0.15) is 6.42 Å². The molecule has 0 aromatic carbocycles. The topological polar surface area (TPSA) is 96.9 Å². The van der Waals surface area contributed by atoms with Crippen LogP contribution in [0, 0.1) is 52.3 Å². The molecule has 39 heavy (non-hydrogen) atoms. The third-order valence-electron chi connectivity index (χ3n) is 13.1. The number of hydrogen-bond acceptors (Lipinski definition) is 5. The Morgan fingerprint density at radius 1 is 0.923 bits per heavy atom. The number of aliphatic hydroxyl groups excluding tert-OH is 1. The molecule has 7 heteroatoms. The molecule has 7 nitrogen and oxygen atoms in total. The number of fused-ring (bicyclic) bond motifs is 7. The minimum atomic E-state index is -0.335. The Bertz CT molecular complexity index is 949. The van der Waals surface area contributed by atoms with Crippen LogP contribution in [0.15, 0.2) is 0 Å². The highest BCUT2D eigenvalue weighted by molar-refractivity contribution is 5.96. The van der Waals surface area contributed by atoms with E-state index in [4.69, 9.17) is 14.6 Å². The van der Waals surface area contributed by atoms with Gasteiger partial charge in [0.2, 0.25) is 11.8 Å². The Morgan fingerprint density at radius 3 is 2.46 bits per heavy atom. The molecule has 3 N–H and O–H groups in total. The summed E-state index contributed by atoms with van der Waals surface area (Å²) in [5.41, 5.74) is 0.699. The number of carbonyl (C=O) groups excluding carboxylic acids is 2. The first-order valence-electron chi connectivity index (χ1n) is 16.1. The molecule has 2 heterocycles. The van der Waals surface area contributed by atoms with E-state index in [0.29, 0.717) is 40.6 Å². The van der Waals surface area contributed by atoms with Gasteiger partial charge in [-0.3, -0.25) is 9.59 Å². The summed E-state index contributed by atoms with van der Waals surface area (Å²) < 4.78 is 13.4. The van der Waals surface area contributed by atoms with Crippen LogP contribution in [0.2, 0.25) is 0 Å². The number of amides is 2. The normalized spacial score (nSPS) is 50.4. The third-order valence-corrected chi connectivity index (χ3v) is 13.1. The van der Waals surface area contributed by atoms with Gasteiger partial charge >= 0.3 is 0 Å². The van der Waals surface area contributed by atoms with Crippen molar-refractivity contribution in [1.82, 2.24) is 10.6 Å². The summed E-state index contributed by atoms with van der Waals surface area (Å²) in [6.07, 6.45) is 12.1. The summed E-state index contributed by atoms with van der Waals surface area (Å²) in [4.78, 5) is 24.4. The van der Waals surface area contributed by atoms with Crippen LogP contribution in [0.3, 0.4) is 0 Å². The molecule has 4 aliphatic carbocycles. The molecule has 1 spiro atoms. The molecule has 6 rings (SSSR count). The fourth-order valence-corrected chi connectivity index (χ4v) is 11.1. The van der Waals surface area contributed by atoms with Gasteiger partial charge in [0.15, 0.2) is 5.79 Å². The Balaban J connectivity index is 1.10.